The van der Waals surface area contributed by atoms with Gasteiger partial charge in [0, 0.05) is 9.13 Å². The topological polar surface area (TPSA) is 17.1 Å². The van der Waals surface area contributed by atoms with E-state index in [4.69, 9.17) is 11.6 Å². The highest BCUT2D eigenvalue weighted by atomic mass is 127. The van der Waals surface area contributed by atoms with Gasteiger partial charge in [0.2, 0.25) is 0 Å². The van der Waals surface area contributed by atoms with Gasteiger partial charge in [-0.05, 0) is 54.1 Å². The van der Waals surface area contributed by atoms with Crippen molar-refractivity contribution in [3.63, 3.8) is 0 Å². The Labute approximate surface area is 90.3 Å². The van der Waals surface area contributed by atoms with E-state index in [-0.39, 0.29) is 5.78 Å². The van der Waals surface area contributed by atoms with Crippen molar-refractivity contribution >= 4 is 40.0 Å². The van der Waals surface area contributed by atoms with Crippen molar-refractivity contribution in [2.45, 2.75) is 13.8 Å². The smallest absolute Gasteiger partial charge is 0.161 e. The summed E-state index contributed by atoms with van der Waals surface area (Å²) in [5.41, 5.74) is 1.61. The highest BCUT2D eigenvalue weighted by Crippen LogP contribution is 2.24. The number of hydrogen-bond acceptors (Lipinski definition) is 1. The van der Waals surface area contributed by atoms with Crippen LogP contribution in [-0.2, 0) is 0 Å². The molecule has 1 aromatic carbocycles. The minimum atomic E-state index is 0.0241. The second kappa shape index (κ2) is 3.75. The normalized spacial score (nSPS) is 10.0. The lowest BCUT2D eigenvalue weighted by Crippen LogP contribution is -1.99. The molecule has 0 spiro atoms. The molecule has 0 N–H and O–H groups in total. The van der Waals surface area contributed by atoms with E-state index in [1.807, 2.05) is 13.0 Å². The van der Waals surface area contributed by atoms with Gasteiger partial charge in [0.05, 0.1) is 5.02 Å². The summed E-state index contributed by atoms with van der Waals surface area (Å²) in [6, 6.07) is 3.66. The summed E-state index contributed by atoms with van der Waals surface area (Å²) in [6.45, 7) is 3.44. The fourth-order valence-electron chi connectivity index (χ4n) is 1.09. The van der Waals surface area contributed by atoms with Crippen LogP contribution in [0.4, 0.5) is 0 Å². The van der Waals surface area contributed by atoms with E-state index in [1.165, 1.54) is 6.92 Å². The van der Waals surface area contributed by atoms with Crippen molar-refractivity contribution in [1.29, 1.82) is 0 Å². The lowest BCUT2D eigenvalue weighted by molar-refractivity contribution is 0.101. The number of carbonyl (C=O) groups is 1. The van der Waals surface area contributed by atoms with Gasteiger partial charge in [-0.3, -0.25) is 4.79 Å². The third-order valence-corrected chi connectivity index (χ3v) is 3.18. The summed E-state index contributed by atoms with van der Waals surface area (Å²) in [5.74, 6) is 0.0241. The molecular weight excluding hydrogens is 286 g/mol. The molecule has 0 bridgehead atoms. The van der Waals surface area contributed by atoms with Crippen LogP contribution >= 0.6 is 34.2 Å². The van der Waals surface area contributed by atoms with Crippen LogP contribution in [0.5, 0.6) is 0 Å². The van der Waals surface area contributed by atoms with Crippen LogP contribution in [-0.4, -0.2) is 5.78 Å². The fraction of sp³-hybridized carbons (Fsp3) is 0.222. The Kier molecular flexibility index (Phi) is 3.12. The molecule has 0 radical (unpaired) electrons. The van der Waals surface area contributed by atoms with Gasteiger partial charge in [-0.25, -0.2) is 0 Å². The quantitative estimate of drug-likeness (QED) is 0.573. The van der Waals surface area contributed by atoms with Crippen molar-refractivity contribution in [3.8, 4) is 0 Å². The van der Waals surface area contributed by atoms with Gasteiger partial charge in [-0.1, -0.05) is 11.6 Å². The molecule has 0 aliphatic carbocycles. The predicted molar refractivity (Wildman–Crippen MR) is 58.9 cm³/mol. The van der Waals surface area contributed by atoms with E-state index < -0.39 is 0 Å². The maximum Gasteiger partial charge on any atom is 0.161 e. The Morgan fingerprint density at radius 1 is 1.50 bits per heavy atom. The van der Waals surface area contributed by atoms with Gasteiger partial charge >= 0.3 is 0 Å². The van der Waals surface area contributed by atoms with Crippen molar-refractivity contribution < 1.29 is 4.79 Å². The summed E-state index contributed by atoms with van der Waals surface area (Å²) in [4.78, 5) is 11.2. The van der Waals surface area contributed by atoms with Crippen LogP contribution in [0.15, 0.2) is 12.1 Å². The zero-order valence-corrected chi connectivity index (χ0v) is 9.73. The van der Waals surface area contributed by atoms with E-state index in [0.717, 1.165) is 9.13 Å². The van der Waals surface area contributed by atoms with Crippen molar-refractivity contribution in [1.82, 2.24) is 0 Å². The first kappa shape index (κ1) is 9.99. The predicted octanol–water partition coefficient (Wildman–Crippen LogP) is 3.46. The number of ketones is 1. The maximum absolute atomic E-state index is 11.2. The first-order valence-corrected chi connectivity index (χ1v) is 4.95. The van der Waals surface area contributed by atoms with Gasteiger partial charge < -0.3 is 0 Å². The maximum atomic E-state index is 11.2. The molecule has 64 valence electrons. The third-order valence-electron chi connectivity index (χ3n) is 1.70. The number of rotatable bonds is 1. The molecule has 12 heavy (non-hydrogen) atoms. The van der Waals surface area contributed by atoms with E-state index >= 15 is 0 Å². The van der Waals surface area contributed by atoms with Crippen molar-refractivity contribution in [3.05, 3.63) is 31.9 Å². The standard InChI is InChI=1S/C9H8ClIO/c1-5-8(11)4-3-7(10)9(5)6(2)12/h3-4H,1-2H3. The summed E-state index contributed by atoms with van der Waals surface area (Å²) >= 11 is 8.06. The van der Waals surface area contributed by atoms with Crippen molar-refractivity contribution in [2.24, 2.45) is 0 Å². The molecule has 0 unspecified atom stereocenters. The Hall–Kier alpha value is -0.0900. The van der Waals surface area contributed by atoms with Crippen LogP contribution in [0.3, 0.4) is 0 Å². The molecule has 0 saturated heterocycles. The summed E-state index contributed by atoms with van der Waals surface area (Å²) in [5, 5.41) is 0.542. The number of Topliss-reactive ketones (excluding diaryl/α,β-unsaturated/α-hetero) is 1. The molecule has 0 fully saturated rings. The largest absolute Gasteiger partial charge is 0.294 e. The van der Waals surface area contributed by atoms with Crippen LogP contribution < -0.4 is 0 Å². The molecule has 0 atom stereocenters. The zero-order valence-electron chi connectivity index (χ0n) is 6.82. The number of benzene rings is 1. The lowest BCUT2D eigenvalue weighted by Gasteiger charge is -2.05. The Bertz CT molecular complexity index is 334. The highest BCUT2D eigenvalue weighted by molar-refractivity contribution is 14.1. The number of carbonyl (C=O) groups excluding carboxylic acids is 1. The van der Waals surface area contributed by atoms with Gasteiger partial charge in [0.25, 0.3) is 0 Å². The molecule has 0 heterocycles. The average molecular weight is 295 g/mol. The Morgan fingerprint density at radius 2 is 2.08 bits per heavy atom. The summed E-state index contributed by atoms with van der Waals surface area (Å²) < 4.78 is 1.07. The second-order valence-electron chi connectivity index (χ2n) is 2.59. The molecule has 0 aliphatic heterocycles. The minimum absolute atomic E-state index is 0.0241. The van der Waals surface area contributed by atoms with E-state index in [0.29, 0.717) is 10.6 Å². The average Bonchev–Trinajstić information content (AvgIpc) is 1.97. The van der Waals surface area contributed by atoms with Crippen LogP contribution in [0.1, 0.15) is 22.8 Å². The first-order chi connectivity index (χ1) is 5.54. The zero-order chi connectivity index (χ0) is 9.30. The van der Waals surface area contributed by atoms with Gasteiger partial charge in [-0.2, -0.15) is 0 Å². The Morgan fingerprint density at radius 3 is 2.50 bits per heavy atom. The van der Waals surface area contributed by atoms with E-state index in [2.05, 4.69) is 22.6 Å². The molecule has 0 aromatic heterocycles. The molecular formula is C9H8ClIO. The molecule has 1 nitrogen and oxygen atoms in total. The van der Waals surface area contributed by atoms with Crippen LogP contribution in [0, 0.1) is 10.5 Å². The highest BCUT2D eigenvalue weighted by Gasteiger charge is 2.10. The van der Waals surface area contributed by atoms with E-state index in [1.54, 1.807) is 6.07 Å². The molecule has 1 aromatic rings. The Balaban J connectivity index is 3.43. The SMILES string of the molecule is CC(=O)c1c(Cl)ccc(I)c1C. The van der Waals surface area contributed by atoms with Crippen LogP contribution in [0.25, 0.3) is 0 Å². The van der Waals surface area contributed by atoms with Gasteiger partial charge in [-0.15, -0.1) is 0 Å². The molecule has 1 rings (SSSR count). The van der Waals surface area contributed by atoms with Crippen LogP contribution in [0.2, 0.25) is 5.02 Å². The summed E-state index contributed by atoms with van der Waals surface area (Å²) in [6.07, 6.45) is 0. The second-order valence-corrected chi connectivity index (χ2v) is 4.15. The molecule has 3 heteroatoms. The van der Waals surface area contributed by atoms with E-state index in [9.17, 15) is 4.79 Å². The van der Waals surface area contributed by atoms with Crippen molar-refractivity contribution in [2.75, 3.05) is 0 Å². The lowest BCUT2D eigenvalue weighted by atomic mass is 10.1. The fourth-order valence-corrected chi connectivity index (χ4v) is 1.87. The monoisotopic (exact) mass is 294 g/mol. The first-order valence-electron chi connectivity index (χ1n) is 3.49. The molecule has 0 amide bonds. The molecule has 0 saturated carbocycles. The summed E-state index contributed by atoms with van der Waals surface area (Å²) in [7, 11) is 0. The van der Waals surface area contributed by atoms with Gasteiger partial charge in [0.15, 0.2) is 5.78 Å². The minimum Gasteiger partial charge on any atom is -0.294 e. The van der Waals surface area contributed by atoms with Gasteiger partial charge in [0.1, 0.15) is 0 Å². The molecule has 0 aliphatic rings. The third kappa shape index (κ3) is 1.80. The number of hydrogen-bond donors (Lipinski definition) is 0. The number of halogens is 2.